The van der Waals surface area contributed by atoms with Crippen molar-refractivity contribution in [3.63, 3.8) is 0 Å². The zero-order chi connectivity index (χ0) is 6.97. The monoisotopic (exact) mass is 215 g/mol. The van der Waals surface area contributed by atoms with E-state index in [4.69, 9.17) is 0 Å². The highest BCUT2D eigenvalue weighted by atomic mass is 79.9. The molecular weight excluding hydrogens is 214 g/mol. The standard InChI is InChI=1S/C5H2BrN3S/c6-4-3-1-9-10-5(3)8-2-7-4/h1-2H. The van der Waals surface area contributed by atoms with Crippen LogP contribution in [0.15, 0.2) is 17.1 Å². The average Bonchev–Trinajstić information content (AvgIpc) is 2.36. The Kier molecular flexibility index (Phi) is 1.39. The number of fused-ring (bicyclic) bond motifs is 1. The second kappa shape index (κ2) is 2.25. The third kappa shape index (κ3) is 0.819. The molecule has 2 heterocycles. The molecule has 0 aliphatic rings. The zero-order valence-electron chi connectivity index (χ0n) is 4.78. The first-order valence-corrected chi connectivity index (χ1v) is 4.15. The fraction of sp³-hybridized carbons (Fsp3) is 0. The summed E-state index contributed by atoms with van der Waals surface area (Å²) >= 11 is 4.66. The Bertz CT molecular complexity index is 358. The van der Waals surface area contributed by atoms with Crippen molar-refractivity contribution in [1.29, 1.82) is 0 Å². The van der Waals surface area contributed by atoms with Gasteiger partial charge < -0.3 is 0 Å². The minimum absolute atomic E-state index is 0.811. The van der Waals surface area contributed by atoms with Gasteiger partial charge in [-0.1, -0.05) is 0 Å². The van der Waals surface area contributed by atoms with Crippen LogP contribution in [-0.2, 0) is 0 Å². The van der Waals surface area contributed by atoms with Gasteiger partial charge in [0.1, 0.15) is 15.8 Å². The summed E-state index contributed by atoms with van der Waals surface area (Å²) in [6.45, 7) is 0. The molecule has 0 amide bonds. The molecule has 0 N–H and O–H groups in total. The highest BCUT2D eigenvalue weighted by molar-refractivity contribution is 9.10. The molecule has 0 aliphatic carbocycles. The van der Waals surface area contributed by atoms with E-state index in [1.54, 1.807) is 6.20 Å². The SMILES string of the molecule is Brc1ncnc2sncc12. The van der Waals surface area contributed by atoms with E-state index in [2.05, 4.69) is 30.3 Å². The highest BCUT2D eigenvalue weighted by Gasteiger charge is 2.00. The lowest BCUT2D eigenvalue weighted by Crippen LogP contribution is -1.76. The van der Waals surface area contributed by atoms with Crippen molar-refractivity contribution in [1.82, 2.24) is 14.3 Å². The van der Waals surface area contributed by atoms with Gasteiger partial charge in [-0.15, -0.1) is 0 Å². The lowest BCUT2D eigenvalue weighted by Gasteiger charge is -1.86. The van der Waals surface area contributed by atoms with E-state index in [1.807, 2.05) is 0 Å². The molecule has 5 heteroatoms. The van der Waals surface area contributed by atoms with E-state index in [1.165, 1.54) is 17.9 Å². The number of nitrogens with zero attached hydrogens (tertiary/aromatic N) is 3. The summed E-state index contributed by atoms with van der Waals surface area (Å²) in [5.41, 5.74) is 0. The van der Waals surface area contributed by atoms with Crippen molar-refractivity contribution >= 4 is 37.7 Å². The Morgan fingerprint density at radius 2 is 2.30 bits per heavy atom. The molecule has 0 aliphatic heterocycles. The van der Waals surface area contributed by atoms with Crippen LogP contribution in [0.3, 0.4) is 0 Å². The summed E-state index contributed by atoms with van der Waals surface area (Å²) in [7, 11) is 0. The third-order valence-corrected chi connectivity index (χ3v) is 2.46. The van der Waals surface area contributed by atoms with E-state index in [-0.39, 0.29) is 0 Å². The van der Waals surface area contributed by atoms with Gasteiger partial charge in [0.25, 0.3) is 0 Å². The maximum atomic E-state index is 4.02. The molecule has 0 atom stereocenters. The van der Waals surface area contributed by atoms with Crippen molar-refractivity contribution in [3.05, 3.63) is 17.1 Å². The van der Waals surface area contributed by atoms with E-state index in [0.717, 1.165) is 14.8 Å². The number of hydrogen-bond acceptors (Lipinski definition) is 4. The first-order valence-electron chi connectivity index (χ1n) is 2.59. The highest BCUT2D eigenvalue weighted by Crippen LogP contribution is 2.20. The van der Waals surface area contributed by atoms with E-state index in [0.29, 0.717) is 0 Å². The maximum absolute atomic E-state index is 4.02. The number of hydrogen-bond donors (Lipinski definition) is 0. The van der Waals surface area contributed by atoms with Gasteiger partial charge in [0.2, 0.25) is 0 Å². The lowest BCUT2D eigenvalue weighted by atomic mass is 10.5. The molecule has 10 heavy (non-hydrogen) atoms. The molecule has 0 aromatic carbocycles. The van der Waals surface area contributed by atoms with Crippen LogP contribution in [0.25, 0.3) is 10.2 Å². The second-order valence-corrected chi connectivity index (χ2v) is 3.24. The first-order chi connectivity index (χ1) is 4.88. The normalized spacial score (nSPS) is 10.5. The third-order valence-electron chi connectivity index (χ3n) is 1.12. The molecule has 0 radical (unpaired) electrons. The Morgan fingerprint density at radius 3 is 3.10 bits per heavy atom. The number of halogens is 1. The predicted molar refractivity (Wildman–Crippen MR) is 42.9 cm³/mol. The molecule has 0 fully saturated rings. The molecule has 2 aromatic heterocycles. The Hall–Kier alpha value is -0.550. The molecular formula is C5H2BrN3S. The van der Waals surface area contributed by atoms with Crippen molar-refractivity contribution in [3.8, 4) is 0 Å². The Balaban J connectivity index is 2.95. The van der Waals surface area contributed by atoms with Gasteiger partial charge in [0, 0.05) is 0 Å². The largest absolute Gasteiger partial charge is 0.229 e. The predicted octanol–water partition coefficient (Wildman–Crippen LogP) is 1.85. The summed E-state index contributed by atoms with van der Waals surface area (Å²) in [5, 5.41) is 0.979. The van der Waals surface area contributed by atoms with Gasteiger partial charge in [0.05, 0.1) is 11.6 Å². The van der Waals surface area contributed by atoms with Crippen LogP contribution in [0.5, 0.6) is 0 Å². The summed E-state index contributed by atoms with van der Waals surface area (Å²) < 4.78 is 4.78. The van der Waals surface area contributed by atoms with Crippen LogP contribution in [0.2, 0.25) is 0 Å². The molecule has 0 spiro atoms. The van der Waals surface area contributed by atoms with Crippen LogP contribution < -0.4 is 0 Å². The average molecular weight is 216 g/mol. The van der Waals surface area contributed by atoms with Crippen LogP contribution in [0.1, 0.15) is 0 Å². The second-order valence-electron chi connectivity index (χ2n) is 1.71. The van der Waals surface area contributed by atoms with Crippen LogP contribution in [0, 0.1) is 0 Å². The molecule has 2 rings (SSSR count). The minimum atomic E-state index is 0.811. The van der Waals surface area contributed by atoms with E-state index in [9.17, 15) is 0 Å². The molecule has 2 aromatic rings. The zero-order valence-corrected chi connectivity index (χ0v) is 7.19. The van der Waals surface area contributed by atoms with Crippen LogP contribution >= 0.6 is 27.5 Å². The Morgan fingerprint density at radius 1 is 1.40 bits per heavy atom. The fourth-order valence-electron chi connectivity index (χ4n) is 0.670. The van der Waals surface area contributed by atoms with Crippen molar-refractivity contribution in [2.75, 3.05) is 0 Å². The van der Waals surface area contributed by atoms with Crippen molar-refractivity contribution in [2.24, 2.45) is 0 Å². The fourth-order valence-corrected chi connectivity index (χ4v) is 1.78. The van der Waals surface area contributed by atoms with Crippen molar-refractivity contribution in [2.45, 2.75) is 0 Å². The van der Waals surface area contributed by atoms with Gasteiger partial charge in [-0.3, -0.25) is 0 Å². The summed E-state index contributed by atoms with van der Waals surface area (Å²) in [6.07, 6.45) is 3.27. The first kappa shape index (κ1) is 6.18. The quantitative estimate of drug-likeness (QED) is 0.630. The van der Waals surface area contributed by atoms with Crippen LogP contribution in [0.4, 0.5) is 0 Å². The molecule has 0 saturated carbocycles. The topological polar surface area (TPSA) is 38.7 Å². The Labute approximate surface area is 69.4 Å². The van der Waals surface area contributed by atoms with Gasteiger partial charge in [-0.25, -0.2) is 9.97 Å². The van der Waals surface area contributed by atoms with E-state index < -0.39 is 0 Å². The summed E-state index contributed by atoms with van der Waals surface area (Å²) in [6, 6.07) is 0. The van der Waals surface area contributed by atoms with E-state index >= 15 is 0 Å². The van der Waals surface area contributed by atoms with Gasteiger partial charge in [-0.05, 0) is 27.5 Å². The summed E-state index contributed by atoms with van der Waals surface area (Å²) in [4.78, 5) is 8.89. The molecule has 50 valence electrons. The maximum Gasteiger partial charge on any atom is 0.147 e. The smallest absolute Gasteiger partial charge is 0.147 e. The lowest BCUT2D eigenvalue weighted by molar-refractivity contribution is 1.20. The molecule has 3 nitrogen and oxygen atoms in total. The van der Waals surface area contributed by atoms with Gasteiger partial charge in [0.15, 0.2) is 0 Å². The van der Waals surface area contributed by atoms with Crippen molar-refractivity contribution < 1.29 is 0 Å². The molecule has 0 saturated heterocycles. The van der Waals surface area contributed by atoms with Gasteiger partial charge in [-0.2, -0.15) is 4.37 Å². The minimum Gasteiger partial charge on any atom is -0.229 e. The van der Waals surface area contributed by atoms with Crippen LogP contribution in [-0.4, -0.2) is 14.3 Å². The molecule has 0 bridgehead atoms. The number of rotatable bonds is 0. The number of aromatic nitrogens is 3. The summed E-state index contributed by atoms with van der Waals surface area (Å²) in [5.74, 6) is 0. The van der Waals surface area contributed by atoms with Gasteiger partial charge >= 0.3 is 0 Å². The molecule has 0 unspecified atom stereocenters.